The molecule has 0 rings (SSSR count). The van der Waals surface area contributed by atoms with Crippen LogP contribution in [-0.2, 0) is 27.9 Å². The Morgan fingerprint density at radius 2 is 0.931 bits per heavy atom. The molecule has 0 fully saturated rings. The zero-order valence-electron chi connectivity index (χ0n) is 37.5. The lowest BCUT2D eigenvalue weighted by Gasteiger charge is -2.19. The Labute approximate surface area is 357 Å². The molecule has 58 heavy (non-hydrogen) atoms. The van der Waals surface area contributed by atoms with E-state index < -0.39 is 19.9 Å². The van der Waals surface area contributed by atoms with Crippen LogP contribution < -0.4 is 5.73 Å². The van der Waals surface area contributed by atoms with Crippen LogP contribution in [0.15, 0.2) is 60.9 Å². The van der Waals surface area contributed by atoms with Gasteiger partial charge in [-0.1, -0.05) is 197 Å². The minimum Gasteiger partial charge on any atom is -0.498 e. The Hall–Kier alpha value is -1.96. The van der Waals surface area contributed by atoms with E-state index in [9.17, 15) is 14.3 Å². The summed E-state index contributed by atoms with van der Waals surface area (Å²) in [4.78, 5) is 22.5. The van der Waals surface area contributed by atoms with Crippen LogP contribution in [0.1, 0.15) is 213 Å². The van der Waals surface area contributed by atoms with E-state index in [0.717, 1.165) is 38.5 Å². The minimum atomic E-state index is -4.31. The number of phosphoric ester groups is 1. The zero-order valence-corrected chi connectivity index (χ0v) is 38.4. The van der Waals surface area contributed by atoms with Gasteiger partial charge in [-0.05, 0) is 63.9 Å². The van der Waals surface area contributed by atoms with E-state index in [1.807, 2.05) is 6.08 Å². The quantitative estimate of drug-likeness (QED) is 0.0205. The second kappa shape index (κ2) is 46.1. The van der Waals surface area contributed by atoms with E-state index in [1.54, 1.807) is 6.26 Å². The lowest BCUT2D eigenvalue weighted by Crippen LogP contribution is -2.27. The third-order valence-electron chi connectivity index (χ3n) is 10.0. The third kappa shape index (κ3) is 45.1. The van der Waals surface area contributed by atoms with Crippen LogP contribution in [0.4, 0.5) is 0 Å². The molecule has 338 valence electrons. The summed E-state index contributed by atoms with van der Waals surface area (Å²) >= 11 is 0. The van der Waals surface area contributed by atoms with Gasteiger partial charge in [0.05, 0.1) is 19.5 Å². The third-order valence-corrected chi connectivity index (χ3v) is 11.0. The van der Waals surface area contributed by atoms with E-state index >= 15 is 0 Å². The van der Waals surface area contributed by atoms with Crippen LogP contribution in [0.5, 0.6) is 0 Å². The standard InChI is InChI=1S/C49H90NO7P/c1-3-5-7-9-11-13-15-17-19-21-23-24-25-26-28-30-32-34-36-38-40-42-49(51)57-48(47-56-58(52,53)55-45-43-50)46-54-44-41-39-37-35-33-31-29-27-22-20-18-16-14-12-10-8-6-4-2/h19,21,24-25,28,30,34,36,41,44,48H,3-18,20,22-23,26-27,29,31-33,35,37-40,42-43,45-47,50H2,1-2H3,(H,52,53)/b21-19+,25-24+,30-28+,36-34+,44-41+/t48-/m1/s1. The van der Waals surface area contributed by atoms with Crippen LogP contribution in [0.2, 0.25) is 0 Å². The van der Waals surface area contributed by atoms with Crippen LogP contribution in [0.3, 0.4) is 0 Å². The van der Waals surface area contributed by atoms with Gasteiger partial charge < -0.3 is 20.1 Å². The van der Waals surface area contributed by atoms with Gasteiger partial charge in [0.2, 0.25) is 0 Å². The molecule has 2 atom stereocenters. The van der Waals surface area contributed by atoms with Gasteiger partial charge in [-0.25, -0.2) is 4.57 Å². The van der Waals surface area contributed by atoms with Crippen LogP contribution in [-0.4, -0.2) is 43.3 Å². The highest BCUT2D eigenvalue weighted by molar-refractivity contribution is 7.47. The highest BCUT2D eigenvalue weighted by Crippen LogP contribution is 2.43. The van der Waals surface area contributed by atoms with Crippen LogP contribution in [0, 0.1) is 0 Å². The first kappa shape index (κ1) is 56.0. The number of unbranched alkanes of at least 4 members (excludes halogenated alkanes) is 24. The number of hydrogen-bond acceptors (Lipinski definition) is 7. The first-order valence-corrected chi connectivity index (χ1v) is 25.3. The highest BCUT2D eigenvalue weighted by atomic mass is 31.2. The number of ether oxygens (including phenoxy) is 2. The Balaban J connectivity index is 4.14. The molecular weight excluding hydrogens is 746 g/mol. The van der Waals surface area contributed by atoms with Gasteiger partial charge in [0.15, 0.2) is 6.10 Å². The second-order valence-electron chi connectivity index (χ2n) is 15.7. The van der Waals surface area contributed by atoms with Crippen LogP contribution in [0.25, 0.3) is 0 Å². The topological polar surface area (TPSA) is 117 Å². The van der Waals surface area contributed by atoms with E-state index in [2.05, 4.69) is 62.5 Å². The fourth-order valence-electron chi connectivity index (χ4n) is 6.49. The zero-order chi connectivity index (χ0) is 42.3. The molecule has 0 heterocycles. The maximum atomic E-state index is 12.6. The van der Waals surface area contributed by atoms with Gasteiger partial charge in [0.25, 0.3) is 0 Å². The molecule has 0 saturated heterocycles. The molecule has 3 N–H and O–H groups in total. The maximum absolute atomic E-state index is 12.6. The van der Waals surface area contributed by atoms with Crippen molar-refractivity contribution in [3.63, 3.8) is 0 Å². The van der Waals surface area contributed by atoms with Crippen molar-refractivity contribution in [1.29, 1.82) is 0 Å². The van der Waals surface area contributed by atoms with Crippen molar-refractivity contribution < 1.29 is 32.8 Å². The molecule has 0 spiro atoms. The predicted molar refractivity (Wildman–Crippen MR) is 247 cm³/mol. The van der Waals surface area contributed by atoms with Crippen molar-refractivity contribution in [2.75, 3.05) is 26.4 Å². The molecule has 0 radical (unpaired) electrons. The number of rotatable bonds is 45. The monoisotopic (exact) mass is 836 g/mol. The summed E-state index contributed by atoms with van der Waals surface area (Å²) in [7, 11) is -4.31. The lowest BCUT2D eigenvalue weighted by atomic mass is 10.0. The van der Waals surface area contributed by atoms with Gasteiger partial charge in [-0.15, -0.1) is 0 Å². The number of phosphoric acid groups is 1. The first-order valence-electron chi connectivity index (χ1n) is 23.8. The van der Waals surface area contributed by atoms with Crippen molar-refractivity contribution in [2.45, 2.75) is 219 Å². The molecule has 1 unspecified atom stereocenters. The normalized spacial score (nSPS) is 13.9. The largest absolute Gasteiger partial charge is 0.498 e. The first-order chi connectivity index (χ1) is 28.4. The van der Waals surface area contributed by atoms with Crippen LogP contribution >= 0.6 is 7.82 Å². The summed E-state index contributed by atoms with van der Waals surface area (Å²) in [5.41, 5.74) is 5.37. The number of allylic oxidation sites excluding steroid dienone is 9. The summed E-state index contributed by atoms with van der Waals surface area (Å²) in [5.74, 6) is -0.405. The van der Waals surface area contributed by atoms with Crippen molar-refractivity contribution in [3.8, 4) is 0 Å². The molecule has 8 nitrogen and oxygen atoms in total. The summed E-state index contributed by atoms with van der Waals surface area (Å²) < 4.78 is 33.2. The smallest absolute Gasteiger partial charge is 0.472 e. The Morgan fingerprint density at radius 1 is 0.534 bits per heavy atom. The molecule has 0 aromatic heterocycles. The summed E-state index contributed by atoms with van der Waals surface area (Å²) in [5, 5.41) is 0. The van der Waals surface area contributed by atoms with Crippen molar-refractivity contribution in [2.24, 2.45) is 5.73 Å². The molecule has 0 aromatic rings. The molecular formula is C49H90NO7P. The highest BCUT2D eigenvalue weighted by Gasteiger charge is 2.25. The molecule has 0 saturated carbocycles. The lowest BCUT2D eigenvalue weighted by molar-refractivity contribution is -0.153. The minimum absolute atomic E-state index is 0.00945. The summed E-state index contributed by atoms with van der Waals surface area (Å²) in [6.07, 6.45) is 57.8. The molecule has 0 aliphatic carbocycles. The van der Waals surface area contributed by atoms with Crippen molar-refractivity contribution in [1.82, 2.24) is 0 Å². The van der Waals surface area contributed by atoms with E-state index in [-0.39, 0.29) is 32.8 Å². The van der Waals surface area contributed by atoms with E-state index in [1.165, 1.54) is 148 Å². The molecule has 0 bridgehead atoms. The predicted octanol–water partition coefficient (Wildman–Crippen LogP) is 14.9. The fourth-order valence-corrected chi connectivity index (χ4v) is 7.25. The average Bonchev–Trinajstić information content (AvgIpc) is 3.21. The van der Waals surface area contributed by atoms with Crippen molar-refractivity contribution in [3.05, 3.63) is 60.9 Å². The van der Waals surface area contributed by atoms with Gasteiger partial charge in [-0.3, -0.25) is 13.8 Å². The molecule has 0 aliphatic rings. The molecule has 0 aromatic carbocycles. The van der Waals surface area contributed by atoms with E-state index in [0.29, 0.717) is 6.42 Å². The maximum Gasteiger partial charge on any atom is 0.472 e. The number of nitrogens with two attached hydrogens (primary N) is 1. The van der Waals surface area contributed by atoms with Gasteiger partial charge in [0, 0.05) is 13.0 Å². The molecule has 0 amide bonds. The van der Waals surface area contributed by atoms with E-state index in [4.69, 9.17) is 24.3 Å². The van der Waals surface area contributed by atoms with Crippen molar-refractivity contribution >= 4 is 13.8 Å². The molecule has 9 heteroatoms. The van der Waals surface area contributed by atoms with Gasteiger partial charge >= 0.3 is 13.8 Å². The summed E-state index contributed by atoms with van der Waals surface area (Å²) in [6, 6.07) is 0. The number of carbonyl (C=O) groups is 1. The molecule has 0 aliphatic heterocycles. The van der Waals surface area contributed by atoms with Gasteiger partial charge in [0.1, 0.15) is 6.61 Å². The average molecular weight is 836 g/mol. The Kier molecular flexibility index (Phi) is 44.6. The fraction of sp³-hybridized carbons (Fsp3) is 0.776. The number of esters is 1. The second-order valence-corrected chi connectivity index (χ2v) is 17.1. The number of hydrogen-bond donors (Lipinski definition) is 2. The van der Waals surface area contributed by atoms with Gasteiger partial charge in [-0.2, -0.15) is 0 Å². The number of carbonyl (C=O) groups excluding carboxylic acids is 1. The summed E-state index contributed by atoms with van der Waals surface area (Å²) in [6.45, 7) is 4.19. The Morgan fingerprint density at radius 3 is 1.38 bits per heavy atom. The Bertz CT molecular complexity index is 1070. The SMILES string of the molecule is CCCCCCCCC/C=C/C/C=C/C/C=C/C/C=C/CCCC(=O)O[C@H](CO/C=C/CCCCCCCCCCCCCCCCCC)COP(=O)(O)OCCN.